The summed E-state index contributed by atoms with van der Waals surface area (Å²) in [6, 6.07) is 3.15. The van der Waals surface area contributed by atoms with Crippen LogP contribution in [0.5, 0.6) is 0 Å². The molecule has 1 aromatic heterocycles. The van der Waals surface area contributed by atoms with E-state index in [0.717, 1.165) is 18.4 Å². The summed E-state index contributed by atoms with van der Waals surface area (Å²) in [5.41, 5.74) is 6.61. The van der Waals surface area contributed by atoms with Gasteiger partial charge in [-0.15, -0.1) is 0 Å². The van der Waals surface area contributed by atoms with Gasteiger partial charge in [0.25, 0.3) is 0 Å². The lowest BCUT2D eigenvalue weighted by atomic mass is 10.1. The molecule has 1 saturated carbocycles. The Kier molecular flexibility index (Phi) is 2.14. The van der Waals surface area contributed by atoms with Crippen LogP contribution in [0.2, 0.25) is 5.15 Å². The van der Waals surface area contributed by atoms with Crippen LogP contribution >= 0.6 is 11.6 Å². The molecule has 1 fully saturated rings. The third-order valence-electron chi connectivity index (χ3n) is 2.39. The maximum Gasteiger partial charge on any atom is 0.249 e. The lowest BCUT2D eigenvalue weighted by molar-refractivity contribution is 0.630. The average Bonchev–Trinajstić information content (AvgIpc) is 2.85. The van der Waals surface area contributed by atoms with Gasteiger partial charge in [-0.25, -0.2) is 0 Å². The Morgan fingerprint density at radius 2 is 2.23 bits per heavy atom. The Labute approximate surface area is 80.9 Å². The van der Waals surface area contributed by atoms with Crippen molar-refractivity contribution in [1.82, 2.24) is 4.98 Å². The van der Waals surface area contributed by atoms with E-state index in [1.54, 1.807) is 6.07 Å². The molecule has 0 aliphatic heterocycles. The van der Waals surface area contributed by atoms with E-state index in [-0.39, 0.29) is 11.6 Å². The minimum Gasteiger partial charge on any atom is -0.324 e. The second-order valence-corrected chi connectivity index (χ2v) is 3.83. The molecule has 0 radical (unpaired) electrons. The molecule has 0 saturated heterocycles. The van der Waals surface area contributed by atoms with Gasteiger partial charge in [-0.05, 0) is 24.8 Å². The number of hydrogen-bond acceptors (Lipinski definition) is 2. The number of H-pyrrole nitrogens is 1. The van der Waals surface area contributed by atoms with E-state index < -0.39 is 0 Å². The number of nitrogens with two attached hydrogens (primary N) is 1. The van der Waals surface area contributed by atoms with Gasteiger partial charge >= 0.3 is 0 Å². The molecular weight excluding hydrogens is 188 g/mol. The fraction of sp³-hybridized carbons (Fsp3) is 0.444. The highest BCUT2D eigenvalue weighted by molar-refractivity contribution is 6.30. The second-order valence-electron chi connectivity index (χ2n) is 3.46. The normalized spacial score (nSPS) is 18.6. The molecule has 0 aromatic carbocycles. The third kappa shape index (κ3) is 1.76. The lowest BCUT2D eigenvalue weighted by Gasteiger charge is -2.11. The van der Waals surface area contributed by atoms with Gasteiger partial charge in [-0.2, -0.15) is 0 Å². The standard InChI is InChI=1S/C9H11ClN2O/c10-9-6(3-4-7(13)12-9)8(11)5-1-2-5/h3-5,8H,1-2,11H2,(H,12,13). The molecule has 0 amide bonds. The topological polar surface area (TPSA) is 58.9 Å². The number of pyridine rings is 1. The Hall–Kier alpha value is -0.800. The van der Waals surface area contributed by atoms with E-state index in [0.29, 0.717) is 11.1 Å². The fourth-order valence-corrected chi connectivity index (χ4v) is 1.71. The molecule has 13 heavy (non-hydrogen) atoms. The van der Waals surface area contributed by atoms with Gasteiger partial charge in [0, 0.05) is 17.7 Å². The fourth-order valence-electron chi connectivity index (χ4n) is 1.43. The van der Waals surface area contributed by atoms with Crippen LogP contribution in [0.1, 0.15) is 24.4 Å². The Morgan fingerprint density at radius 1 is 1.54 bits per heavy atom. The van der Waals surface area contributed by atoms with Gasteiger partial charge in [0.05, 0.1) is 0 Å². The van der Waals surface area contributed by atoms with Gasteiger partial charge < -0.3 is 10.7 Å². The minimum absolute atomic E-state index is 0.0238. The molecule has 70 valence electrons. The van der Waals surface area contributed by atoms with Crippen LogP contribution in [0, 0.1) is 5.92 Å². The number of nitrogens with one attached hydrogen (secondary N) is 1. The van der Waals surface area contributed by atoms with E-state index in [1.807, 2.05) is 0 Å². The van der Waals surface area contributed by atoms with Crippen molar-refractivity contribution < 1.29 is 0 Å². The molecule has 2 rings (SSSR count). The minimum atomic E-state index is -0.184. The summed E-state index contributed by atoms with van der Waals surface area (Å²) >= 11 is 5.86. The quantitative estimate of drug-likeness (QED) is 0.707. The molecule has 0 spiro atoms. The maximum absolute atomic E-state index is 10.9. The summed E-state index contributed by atoms with van der Waals surface area (Å²) in [4.78, 5) is 13.4. The number of aromatic amines is 1. The number of aromatic nitrogens is 1. The van der Waals surface area contributed by atoms with Gasteiger partial charge in [0.15, 0.2) is 0 Å². The summed E-state index contributed by atoms with van der Waals surface area (Å²) in [5, 5.41) is 0.381. The zero-order valence-corrected chi connectivity index (χ0v) is 7.84. The highest BCUT2D eigenvalue weighted by Gasteiger charge is 2.30. The van der Waals surface area contributed by atoms with Crippen molar-refractivity contribution >= 4 is 11.6 Å². The zero-order valence-electron chi connectivity index (χ0n) is 7.09. The van der Waals surface area contributed by atoms with Crippen LogP contribution in [-0.4, -0.2) is 4.98 Å². The van der Waals surface area contributed by atoms with Gasteiger partial charge in [-0.3, -0.25) is 4.79 Å². The SMILES string of the molecule is NC(c1ccc(=O)[nH]c1Cl)C1CC1. The van der Waals surface area contributed by atoms with E-state index in [2.05, 4.69) is 4.98 Å². The predicted molar refractivity (Wildman–Crippen MR) is 51.7 cm³/mol. The van der Waals surface area contributed by atoms with Crippen molar-refractivity contribution in [3.05, 3.63) is 33.2 Å². The Balaban J connectivity index is 2.33. The molecule has 1 atom stereocenters. The molecule has 3 nitrogen and oxygen atoms in total. The van der Waals surface area contributed by atoms with Crippen LogP contribution in [0.4, 0.5) is 0 Å². The van der Waals surface area contributed by atoms with Crippen molar-refractivity contribution in [3.8, 4) is 0 Å². The van der Waals surface area contributed by atoms with Crippen molar-refractivity contribution in [1.29, 1.82) is 0 Å². The molecule has 1 aromatic rings. The summed E-state index contributed by atoms with van der Waals surface area (Å²) < 4.78 is 0. The molecule has 0 bridgehead atoms. The lowest BCUT2D eigenvalue weighted by Crippen LogP contribution is -2.16. The summed E-state index contributed by atoms with van der Waals surface area (Å²) in [5.74, 6) is 0.545. The molecule has 4 heteroatoms. The van der Waals surface area contributed by atoms with Crippen LogP contribution in [0.25, 0.3) is 0 Å². The summed E-state index contributed by atoms with van der Waals surface area (Å²) in [6.07, 6.45) is 2.33. The first-order valence-corrected chi connectivity index (χ1v) is 4.70. The summed E-state index contributed by atoms with van der Waals surface area (Å²) in [6.45, 7) is 0. The van der Waals surface area contributed by atoms with Crippen molar-refractivity contribution in [2.75, 3.05) is 0 Å². The summed E-state index contributed by atoms with van der Waals surface area (Å²) in [7, 11) is 0. The van der Waals surface area contributed by atoms with Gasteiger partial charge in [-0.1, -0.05) is 11.6 Å². The van der Waals surface area contributed by atoms with Crippen LogP contribution < -0.4 is 11.3 Å². The van der Waals surface area contributed by atoms with E-state index in [4.69, 9.17) is 17.3 Å². The number of hydrogen-bond donors (Lipinski definition) is 2. The van der Waals surface area contributed by atoms with Crippen molar-refractivity contribution in [2.24, 2.45) is 11.7 Å². The first kappa shape index (κ1) is 8.78. The molecule has 3 N–H and O–H groups in total. The largest absolute Gasteiger partial charge is 0.324 e. The maximum atomic E-state index is 10.9. The molecular formula is C9H11ClN2O. The highest BCUT2D eigenvalue weighted by atomic mass is 35.5. The average molecular weight is 199 g/mol. The zero-order chi connectivity index (χ0) is 9.42. The second kappa shape index (κ2) is 3.16. The van der Waals surface area contributed by atoms with E-state index >= 15 is 0 Å². The predicted octanol–water partition coefficient (Wildman–Crippen LogP) is 1.44. The monoisotopic (exact) mass is 198 g/mol. The number of halogens is 1. The van der Waals surface area contributed by atoms with E-state index in [9.17, 15) is 4.79 Å². The third-order valence-corrected chi connectivity index (χ3v) is 2.70. The first-order chi connectivity index (χ1) is 6.18. The van der Waals surface area contributed by atoms with Crippen LogP contribution in [-0.2, 0) is 0 Å². The Morgan fingerprint density at radius 3 is 2.77 bits per heavy atom. The van der Waals surface area contributed by atoms with Crippen molar-refractivity contribution in [2.45, 2.75) is 18.9 Å². The molecule has 1 unspecified atom stereocenters. The molecule has 1 aliphatic carbocycles. The molecule has 1 aliphatic rings. The molecule has 1 heterocycles. The van der Waals surface area contributed by atoms with Gasteiger partial charge in [0.2, 0.25) is 5.56 Å². The van der Waals surface area contributed by atoms with E-state index in [1.165, 1.54) is 6.07 Å². The van der Waals surface area contributed by atoms with Crippen LogP contribution in [0.15, 0.2) is 16.9 Å². The van der Waals surface area contributed by atoms with Gasteiger partial charge in [0.1, 0.15) is 5.15 Å². The highest BCUT2D eigenvalue weighted by Crippen LogP contribution is 2.40. The van der Waals surface area contributed by atoms with Crippen LogP contribution in [0.3, 0.4) is 0 Å². The first-order valence-electron chi connectivity index (χ1n) is 4.33. The Bertz CT molecular complexity index is 370. The van der Waals surface area contributed by atoms with Crippen molar-refractivity contribution in [3.63, 3.8) is 0 Å². The number of rotatable bonds is 2. The smallest absolute Gasteiger partial charge is 0.249 e.